The van der Waals surface area contributed by atoms with Gasteiger partial charge in [-0.3, -0.25) is 4.90 Å². The largest absolute Gasteiger partial charge is 0.342 e. The van der Waals surface area contributed by atoms with Gasteiger partial charge in [-0.2, -0.15) is 0 Å². The van der Waals surface area contributed by atoms with Crippen molar-refractivity contribution in [2.45, 2.75) is 45.2 Å². The molecular formula is C17H25N3O2S. The van der Waals surface area contributed by atoms with Crippen LogP contribution in [0.25, 0.3) is 11.0 Å². The Hall–Kier alpha value is -1.40. The fraction of sp³-hybridized carbons (Fsp3) is 0.588. The number of aromatic amines is 1. The average molecular weight is 335 g/mol. The van der Waals surface area contributed by atoms with Crippen molar-refractivity contribution in [3.05, 3.63) is 29.6 Å². The molecule has 0 unspecified atom stereocenters. The molecule has 1 aliphatic heterocycles. The molecule has 23 heavy (non-hydrogen) atoms. The normalized spacial score (nSPS) is 21.3. The molecule has 126 valence electrons. The van der Waals surface area contributed by atoms with Crippen LogP contribution >= 0.6 is 0 Å². The molecule has 2 aromatic heterocycles. The summed E-state index contributed by atoms with van der Waals surface area (Å²) in [6.07, 6.45) is 2.52. The van der Waals surface area contributed by atoms with Crippen LogP contribution in [-0.4, -0.2) is 47.9 Å². The second-order valence-corrected chi connectivity index (χ2v) is 9.83. The van der Waals surface area contributed by atoms with E-state index in [1.807, 2.05) is 13.1 Å². The molecule has 1 saturated heterocycles. The van der Waals surface area contributed by atoms with Crippen LogP contribution in [0.3, 0.4) is 0 Å². The summed E-state index contributed by atoms with van der Waals surface area (Å²) in [6.45, 7) is 7.28. The first-order valence-corrected chi connectivity index (χ1v) is 9.86. The number of hydrogen-bond acceptors (Lipinski definition) is 4. The molecule has 3 rings (SSSR count). The van der Waals surface area contributed by atoms with E-state index < -0.39 is 9.84 Å². The van der Waals surface area contributed by atoms with Crippen LogP contribution in [-0.2, 0) is 21.8 Å². The Kier molecular flexibility index (Phi) is 4.01. The Morgan fingerprint density at radius 1 is 1.39 bits per heavy atom. The Labute approximate surface area is 138 Å². The lowest BCUT2D eigenvalue weighted by Gasteiger charge is -2.26. The molecule has 6 heteroatoms. The predicted octanol–water partition coefficient (Wildman–Crippen LogP) is 2.48. The summed E-state index contributed by atoms with van der Waals surface area (Å²) in [6, 6.07) is 4.14. The Morgan fingerprint density at radius 2 is 2.13 bits per heavy atom. The number of sulfone groups is 1. The highest BCUT2D eigenvalue weighted by atomic mass is 32.2. The van der Waals surface area contributed by atoms with Gasteiger partial charge in [0.15, 0.2) is 9.84 Å². The number of nitrogens with one attached hydrogen (secondary N) is 1. The first-order chi connectivity index (χ1) is 10.7. The molecule has 0 aliphatic carbocycles. The molecule has 1 aliphatic rings. The summed E-state index contributed by atoms with van der Waals surface area (Å²) >= 11 is 0. The van der Waals surface area contributed by atoms with Gasteiger partial charge >= 0.3 is 0 Å². The van der Waals surface area contributed by atoms with Crippen molar-refractivity contribution in [3.63, 3.8) is 0 Å². The zero-order valence-electron chi connectivity index (χ0n) is 14.3. The number of nitrogens with zero attached hydrogens (tertiary/aromatic N) is 2. The molecule has 0 aromatic carbocycles. The first-order valence-electron chi connectivity index (χ1n) is 8.04. The summed E-state index contributed by atoms with van der Waals surface area (Å²) in [4.78, 5) is 10.1. The van der Waals surface area contributed by atoms with Gasteiger partial charge in [0.2, 0.25) is 0 Å². The molecule has 1 fully saturated rings. The highest BCUT2D eigenvalue weighted by Crippen LogP contribution is 2.32. The van der Waals surface area contributed by atoms with E-state index in [9.17, 15) is 8.42 Å². The van der Waals surface area contributed by atoms with Crippen LogP contribution in [0, 0.1) is 0 Å². The lowest BCUT2D eigenvalue weighted by Crippen LogP contribution is -2.32. The standard InChI is InChI=1S/C17H25N3O2S/c1-17(2,3)15-14(13-6-5-8-18-16(13)19-15)10-20(4)12-7-9-23(21,22)11-12/h5-6,8,12H,7,9-11H2,1-4H3,(H,18,19)/t12-/m0/s1. The number of fused-ring (bicyclic) bond motifs is 1. The highest BCUT2D eigenvalue weighted by molar-refractivity contribution is 7.91. The number of aromatic nitrogens is 2. The SMILES string of the molecule is CN(Cc1c(C(C)(C)C)[nH]c2ncccc12)[C@H]1CCS(=O)(=O)C1. The Balaban J connectivity index is 1.96. The molecule has 1 atom stereocenters. The fourth-order valence-corrected chi connectivity index (χ4v) is 5.19. The molecule has 0 saturated carbocycles. The quantitative estimate of drug-likeness (QED) is 0.936. The van der Waals surface area contributed by atoms with Crippen molar-refractivity contribution in [2.75, 3.05) is 18.6 Å². The van der Waals surface area contributed by atoms with Crippen molar-refractivity contribution >= 4 is 20.9 Å². The molecule has 2 aromatic rings. The molecule has 0 bridgehead atoms. The van der Waals surface area contributed by atoms with Crippen LogP contribution in [0.15, 0.2) is 18.3 Å². The topological polar surface area (TPSA) is 66.1 Å². The number of H-pyrrole nitrogens is 1. The molecule has 0 radical (unpaired) electrons. The third-order valence-electron chi connectivity index (χ3n) is 4.67. The maximum Gasteiger partial charge on any atom is 0.151 e. The van der Waals surface area contributed by atoms with Crippen LogP contribution in [0.1, 0.15) is 38.4 Å². The maximum atomic E-state index is 11.7. The lowest BCUT2D eigenvalue weighted by molar-refractivity contribution is 0.253. The van der Waals surface area contributed by atoms with E-state index in [2.05, 4.69) is 41.7 Å². The molecule has 1 N–H and O–H groups in total. The fourth-order valence-electron chi connectivity index (χ4n) is 3.38. The second kappa shape index (κ2) is 5.60. The van der Waals surface area contributed by atoms with Crippen molar-refractivity contribution in [1.82, 2.24) is 14.9 Å². The smallest absolute Gasteiger partial charge is 0.151 e. The van der Waals surface area contributed by atoms with Crippen LogP contribution < -0.4 is 0 Å². The van der Waals surface area contributed by atoms with Crippen molar-refractivity contribution in [1.29, 1.82) is 0 Å². The zero-order valence-corrected chi connectivity index (χ0v) is 15.1. The predicted molar refractivity (Wildman–Crippen MR) is 93.3 cm³/mol. The van der Waals surface area contributed by atoms with Crippen molar-refractivity contribution < 1.29 is 8.42 Å². The number of pyridine rings is 1. The van der Waals surface area contributed by atoms with Crippen LogP contribution in [0.4, 0.5) is 0 Å². The third-order valence-corrected chi connectivity index (χ3v) is 6.42. The Morgan fingerprint density at radius 3 is 2.74 bits per heavy atom. The molecule has 0 amide bonds. The summed E-state index contributed by atoms with van der Waals surface area (Å²) < 4.78 is 23.5. The van der Waals surface area contributed by atoms with Gasteiger partial charge in [0, 0.05) is 35.3 Å². The molecule has 0 spiro atoms. The van der Waals surface area contributed by atoms with Gasteiger partial charge in [0.05, 0.1) is 11.5 Å². The van der Waals surface area contributed by atoms with Crippen LogP contribution in [0.2, 0.25) is 0 Å². The van der Waals surface area contributed by atoms with E-state index in [1.54, 1.807) is 6.20 Å². The van der Waals surface area contributed by atoms with E-state index >= 15 is 0 Å². The van der Waals surface area contributed by atoms with E-state index in [-0.39, 0.29) is 17.2 Å². The lowest BCUT2D eigenvalue weighted by atomic mass is 9.88. The first kappa shape index (κ1) is 16.5. The van der Waals surface area contributed by atoms with E-state index in [1.165, 1.54) is 11.3 Å². The van der Waals surface area contributed by atoms with Crippen molar-refractivity contribution in [2.24, 2.45) is 0 Å². The van der Waals surface area contributed by atoms with Gasteiger partial charge in [0.1, 0.15) is 5.65 Å². The molecular weight excluding hydrogens is 310 g/mol. The van der Waals surface area contributed by atoms with E-state index in [4.69, 9.17) is 0 Å². The monoisotopic (exact) mass is 335 g/mol. The molecule has 3 heterocycles. The minimum Gasteiger partial charge on any atom is -0.342 e. The average Bonchev–Trinajstić information content (AvgIpc) is 2.99. The summed E-state index contributed by atoms with van der Waals surface area (Å²) in [7, 11) is -0.841. The zero-order chi connectivity index (χ0) is 16.8. The third kappa shape index (κ3) is 3.28. The summed E-state index contributed by atoms with van der Waals surface area (Å²) in [5, 5.41) is 1.13. The molecule has 5 nitrogen and oxygen atoms in total. The van der Waals surface area contributed by atoms with Gasteiger partial charge in [-0.05, 0) is 31.2 Å². The van der Waals surface area contributed by atoms with Gasteiger partial charge < -0.3 is 4.98 Å². The summed E-state index contributed by atoms with van der Waals surface area (Å²) in [5.74, 6) is 0.582. The van der Waals surface area contributed by atoms with Gasteiger partial charge in [0.25, 0.3) is 0 Å². The van der Waals surface area contributed by atoms with Crippen molar-refractivity contribution in [3.8, 4) is 0 Å². The van der Waals surface area contributed by atoms with E-state index in [0.717, 1.165) is 24.0 Å². The van der Waals surface area contributed by atoms with Gasteiger partial charge in [-0.1, -0.05) is 20.8 Å². The number of hydrogen-bond donors (Lipinski definition) is 1. The minimum absolute atomic E-state index is 0.0153. The van der Waals surface area contributed by atoms with Gasteiger partial charge in [-0.25, -0.2) is 13.4 Å². The second-order valence-electron chi connectivity index (χ2n) is 7.60. The highest BCUT2D eigenvalue weighted by Gasteiger charge is 2.32. The summed E-state index contributed by atoms with van der Waals surface area (Å²) in [5.41, 5.74) is 3.30. The van der Waals surface area contributed by atoms with Gasteiger partial charge in [-0.15, -0.1) is 0 Å². The van der Waals surface area contributed by atoms with Crippen LogP contribution in [0.5, 0.6) is 0 Å². The number of rotatable bonds is 3. The minimum atomic E-state index is -2.86. The van der Waals surface area contributed by atoms with E-state index in [0.29, 0.717) is 5.75 Å². The maximum absolute atomic E-state index is 11.7. The Bertz CT molecular complexity index is 818.